The summed E-state index contributed by atoms with van der Waals surface area (Å²) >= 11 is 5.88. The topological polar surface area (TPSA) is 79.0 Å². The lowest BCUT2D eigenvalue weighted by atomic mass is 10.1. The summed E-state index contributed by atoms with van der Waals surface area (Å²) in [6, 6.07) is 13.4. The van der Waals surface area contributed by atoms with Crippen LogP contribution in [0, 0.1) is 21.4 Å². The Labute approximate surface area is 120 Å². The maximum atomic E-state index is 11.0. The minimum Gasteiger partial charge on any atom is -0.375 e. The summed E-state index contributed by atoms with van der Waals surface area (Å²) in [5.74, 6) is 0. The smallest absolute Gasteiger partial charge is 0.293 e. The number of halogens is 1. The minimum atomic E-state index is -0.513. The molecule has 0 bridgehead atoms. The van der Waals surface area contributed by atoms with Crippen LogP contribution in [0.3, 0.4) is 0 Å². The van der Waals surface area contributed by atoms with E-state index in [1.165, 1.54) is 18.2 Å². The quantitative estimate of drug-likeness (QED) is 0.686. The first-order valence-corrected chi connectivity index (χ1v) is 6.15. The number of nitrogens with zero attached hydrogens (tertiary/aromatic N) is 2. The van der Waals surface area contributed by atoms with Crippen LogP contribution in [0.4, 0.5) is 11.4 Å². The molecule has 2 aromatic carbocycles. The predicted molar refractivity (Wildman–Crippen MR) is 76.6 cm³/mol. The number of nitriles is 1. The number of nitro groups is 1. The average molecular weight is 288 g/mol. The third kappa shape index (κ3) is 3.25. The van der Waals surface area contributed by atoms with Crippen molar-refractivity contribution >= 4 is 23.0 Å². The first-order valence-electron chi connectivity index (χ1n) is 5.77. The molecular weight excluding hydrogens is 278 g/mol. The van der Waals surface area contributed by atoms with E-state index in [0.717, 1.165) is 5.56 Å². The van der Waals surface area contributed by atoms with Crippen LogP contribution in [0.5, 0.6) is 0 Å². The second-order valence-electron chi connectivity index (χ2n) is 4.08. The Morgan fingerprint density at radius 2 is 2.10 bits per heavy atom. The van der Waals surface area contributed by atoms with E-state index in [1.807, 2.05) is 18.2 Å². The molecule has 0 saturated carbocycles. The fourth-order valence-electron chi connectivity index (χ4n) is 1.75. The second-order valence-corrected chi connectivity index (χ2v) is 4.52. The number of hydrogen-bond acceptors (Lipinski definition) is 4. The van der Waals surface area contributed by atoms with Crippen LogP contribution in [-0.2, 0) is 6.54 Å². The molecule has 0 spiro atoms. The molecule has 0 radical (unpaired) electrons. The normalized spacial score (nSPS) is 9.80. The van der Waals surface area contributed by atoms with E-state index in [2.05, 4.69) is 5.32 Å². The summed E-state index contributed by atoms with van der Waals surface area (Å²) in [5.41, 5.74) is 1.42. The van der Waals surface area contributed by atoms with Crippen molar-refractivity contribution in [1.29, 1.82) is 5.26 Å². The van der Waals surface area contributed by atoms with Crippen LogP contribution >= 0.6 is 11.6 Å². The Morgan fingerprint density at radius 1 is 1.30 bits per heavy atom. The zero-order chi connectivity index (χ0) is 14.5. The fraction of sp³-hybridized carbons (Fsp3) is 0.0714. The molecule has 1 N–H and O–H groups in total. The molecular formula is C14H10ClN3O2. The molecule has 0 unspecified atom stereocenters. The van der Waals surface area contributed by atoms with Gasteiger partial charge in [-0.2, -0.15) is 5.26 Å². The molecule has 0 atom stereocenters. The van der Waals surface area contributed by atoms with Crippen LogP contribution in [0.25, 0.3) is 0 Å². The van der Waals surface area contributed by atoms with Gasteiger partial charge in [0, 0.05) is 17.6 Å². The van der Waals surface area contributed by atoms with E-state index in [-0.39, 0.29) is 11.3 Å². The molecule has 6 heteroatoms. The highest BCUT2D eigenvalue weighted by molar-refractivity contribution is 6.30. The van der Waals surface area contributed by atoms with Crippen molar-refractivity contribution < 1.29 is 4.92 Å². The standard InChI is InChI=1S/C14H10ClN3O2/c15-12-3-1-2-11(6-12)9-17-13-5-4-10(8-16)7-14(13)18(19)20/h1-7,17H,9H2. The Hall–Kier alpha value is -2.58. The number of anilines is 1. The van der Waals surface area contributed by atoms with Gasteiger partial charge in [0.25, 0.3) is 5.69 Å². The van der Waals surface area contributed by atoms with Crippen LogP contribution in [0.15, 0.2) is 42.5 Å². The van der Waals surface area contributed by atoms with Gasteiger partial charge in [0.15, 0.2) is 0 Å². The Bertz CT molecular complexity index is 695. The summed E-state index contributed by atoms with van der Waals surface area (Å²) in [4.78, 5) is 10.5. The van der Waals surface area contributed by atoms with Gasteiger partial charge in [-0.3, -0.25) is 10.1 Å². The van der Waals surface area contributed by atoms with E-state index in [0.29, 0.717) is 17.3 Å². The predicted octanol–water partition coefficient (Wildman–Crippen LogP) is 3.73. The minimum absolute atomic E-state index is 0.119. The van der Waals surface area contributed by atoms with Crippen molar-refractivity contribution in [2.75, 3.05) is 5.32 Å². The van der Waals surface area contributed by atoms with E-state index >= 15 is 0 Å². The van der Waals surface area contributed by atoms with Crippen molar-refractivity contribution in [3.63, 3.8) is 0 Å². The highest BCUT2D eigenvalue weighted by Crippen LogP contribution is 2.26. The van der Waals surface area contributed by atoms with Gasteiger partial charge in [-0.15, -0.1) is 0 Å². The van der Waals surface area contributed by atoms with E-state index in [1.54, 1.807) is 12.1 Å². The lowest BCUT2D eigenvalue weighted by Crippen LogP contribution is -2.03. The van der Waals surface area contributed by atoms with Gasteiger partial charge in [-0.25, -0.2) is 0 Å². The molecule has 0 amide bonds. The molecule has 0 fully saturated rings. The monoisotopic (exact) mass is 287 g/mol. The third-order valence-corrected chi connectivity index (χ3v) is 2.93. The van der Waals surface area contributed by atoms with Crippen molar-refractivity contribution in [2.24, 2.45) is 0 Å². The lowest BCUT2D eigenvalue weighted by molar-refractivity contribution is -0.384. The second kappa shape index (κ2) is 6.04. The first-order chi connectivity index (χ1) is 9.60. The lowest BCUT2D eigenvalue weighted by Gasteiger charge is -2.07. The molecule has 0 aliphatic heterocycles. The van der Waals surface area contributed by atoms with Crippen LogP contribution < -0.4 is 5.32 Å². The molecule has 100 valence electrons. The number of hydrogen-bond donors (Lipinski definition) is 1. The molecule has 5 nitrogen and oxygen atoms in total. The fourth-order valence-corrected chi connectivity index (χ4v) is 1.96. The van der Waals surface area contributed by atoms with E-state index < -0.39 is 4.92 Å². The average Bonchev–Trinajstić information content (AvgIpc) is 2.45. The van der Waals surface area contributed by atoms with Crippen LogP contribution in [0.2, 0.25) is 5.02 Å². The molecule has 0 aliphatic rings. The largest absolute Gasteiger partial charge is 0.375 e. The molecule has 0 saturated heterocycles. The molecule has 0 aromatic heterocycles. The van der Waals surface area contributed by atoms with Crippen molar-refractivity contribution in [3.8, 4) is 6.07 Å². The molecule has 20 heavy (non-hydrogen) atoms. The summed E-state index contributed by atoms with van der Waals surface area (Å²) in [5, 5.41) is 23.3. The molecule has 2 aromatic rings. The van der Waals surface area contributed by atoms with Gasteiger partial charge in [0.1, 0.15) is 5.69 Å². The Morgan fingerprint density at radius 3 is 2.75 bits per heavy atom. The Kier molecular flexibility index (Phi) is 4.18. The summed E-state index contributed by atoms with van der Waals surface area (Å²) in [6.45, 7) is 0.410. The SMILES string of the molecule is N#Cc1ccc(NCc2cccc(Cl)c2)c([N+](=O)[O-])c1. The van der Waals surface area contributed by atoms with E-state index in [4.69, 9.17) is 16.9 Å². The highest BCUT2D eigenvalue weighted by Gasteiger charge is 2.14. The van der Waals surface area contributed by atoms with Gasteiger partial charge in [0.05, 0.1) is 16.6 Å². The molecule has 0 heterocycles. The highest BCUT2D eigenvalue weighted by atomic mass is 35.5. The van der Waals surface area contributed by atoms with E-state index in [9.17, 15) is 10.1 Å². The summed E-state index contributed by atoms with van der Waals surface area (Å²) < 4.78 is 0. The zero-order valence-corrected chi connectivity index (χ0v) is 11.1. The number of nitrogens with one attached hydrogen (secondary N) is 1. The third-order valence-electron chi connectivity index (χ3n) is 2.70. The maximum Gasteiger partial charge on any atom is 0.293 e. The summed E-state index contributed by atoms with van der Waals surface area (Å²) in [6.07, 6.45) is 0. The number of nitro benzene ring substituents is 1. The zero-order valence-electron chi connectivity index (χ0n) is 10.3. The first kappa shape index (κ1) is 13.8. The van der Waals surface area contributed by atoms with Gasteiger partial charge in [0.2, 0.25) is 0 Å². The van der Waals surface area contributed by atoms with Gasteiger partial charge >= 0.3 is 0 Å². The number of benzene rings is 2. The molecule has 0 aliphatic carbocycles. The Balaban J connectivity index is 2.21. The van der Waals surface area contributed by atoms with Crippen molar-refractivity contribution in [2.45, 2.75) is 6.54 Å². The van der Waals surface area contributed by atoms with Gasteiger partial charge < -0.3 is 5.32 Å². The molecule has 2 rings (SSSR count). The summed E-state index contributed by atoms with van der Waals surface area (Å²) in [7, 11) is 0. The van der Waals surface area contributed by atoms with Crippen LogP contribution in [0.1, 0.15) is 11.1 Å². The van der Waals surface area contributed by atoms with Gasteiger partial charge in [-0.1, -0.05) is 23.7 Å². The van der Waals surface area contributed by atoms with Crippen LogP contribution in [-0.4, -0.2) is 4.92 Å². The van der Waals surface area contributed by atoms with Crippen molar-refractivity contribution in [1.82, 2.24) is 0 Å². The van der Waals surface area contributed by atoms with Crippen molar-refractivity contribution in [3.05, 3.63) is 68.7 Å². The maximum absolute atomic E-state index is 11.0. The van der Waals surface area contributed by atoms with Gasteiger partial charge in [-0.05, 0) is 29.8 Å². The number of rotatable bonds is 4.